The Morgan fingerprint density at radius 1 is 1.00 bits per heavy atom. The number of hydrogen-bond donors (Lipinski definition) is 1. The van der Waals surface area contributed by atoms with Gasteiger partial charge < -0.3 is 10.1 Å². The Kier molecular flexibility index (Phi) is 3.69. The van der Waals surface area contributed by atoms with E-state index in [1.807, 2.05) is 36.4 Å². The van der Waals surface area contributed by atoms with Gasteiger partial charge in [-0.05, 0) is 36.8 Å². The highest BCUT2D eigenvalue weighted by atomic mass is 16.5. The molecule has 2 heterocycles. The van der Waals surface area contributed by atoms with Gasteiger partial charge in [-0.15, -0.1) is 0 Å². The van der Waals surface area contributed by atoms with E-state index in [0.717, 1.165) is 22.3 Å². The molecule has 0 aliphatic rings. The van der Waals surface area contributed by atoms with E-state index < -0.39 is 0 Å². The number of aromatic nitrogens is 2. The van der Waals surface area contributed by atoms with E-state index in [1.54, 1.807) is 25.7 Å². The lowest BCUT2D eigenvalue weighted by molar-refractivity contribution is 0.420. The lowest BCUT2D eigenvalue weighted by atomic mass is 10.1. The van der Waals surface area contributed by atoms with E-state index in [-0.39, 0.29) is 6.04 Å². The molecular formula is C17H17N3O. The van der Waals surface area contributed by atoms with Gasteiger partial charge in [0.25, 0.3) is 0 Å². The SMILES string of the molecule is COc1cccc2c(NC(C)c3ccncc3)nccc12. The van der Waals surface area contributed by atoms with Crippen molar-refractivity contribution in [3.05, 3.63) is 60.6 Å². The molecule has 0 aliphatic heterocycles. The predicted octanol–water partition coefficient (Wildman–Crippen LogP) is 3.81. The fourth-order valence-corrected chi connectivity index (χ4v) is 2.41. The number of pyridine rings is 2. The maximum atomic E-state index is 5.41. The molecule has 4 nitrogen and oxygen atoms in total. The van der Waals surface area contributed by atoms with Crippen molar-refractivity contribution in [1.29, 1.82) is 0 Å². The highest BCUT2D eigenvalue weighted by Crippen LogP contribution is 2.30. The van der Waals surface area contributed by atoms with Crippen molar-refractivity contribution in [2.45, 2.75) is 13.0 Å². The van der Waals surface area contributed by atoms with Crippen LogP contribution in [0.25, 0.3) is 10.8 Å². The topological polar surface area (TPSA) is 47.0 Å². The van der Waals surface area contributed by atoms with E-state index in [4.69, 9.17) is 4.74 Å². The molecule has 0 spiro atoms. The molecule has 0 saturated heterocycles. The highest BCUT2D eigenvalue weighted by Gasteiger charge is 2.10. The molecule has 21 heavy (non-hydrogen) atoms. The standard InChI is InChI=1S/C17H17N3O/c1-12(13-6-9-18-10-7-13)20-17-15-4-3-5-16(21-2)14(15)8-11-19-17/h3-12H,1-2H3,(H,19,20). The third-order valence-corrected chi connectivity index (χ3v) is 3.55. The monoisotopic (exact) mass is 279 g/mol. The second-order valence-electron chi connectivity index (χ2n) is 4.86. The molecule has 3 rings (SSSR count). The molecule has 0 radical (unpaired) electrons. The summed E-state index contributed by atoms with van der Waals surface area (Å²) in [6.45, 7) is 2.11. The Morgan fingerprint density at radius 3 is 2.57 bits per heavy atom. The molecular weight excluding hydrogens is 262 g/mol. The van der Waals surface area contributed by atoms with Crippen LogP contribution in [0.4, 0.5) is 5.82 Å². The first-order valence-corrected chi connectivity index (χ1v) is 6.88. The lowest BCUT2D eigenvalue weighted by Gasteiger charge is -2.16. The van der Waals surface area contributed by atoms with Crippen LogP contribution in [0.15, 0.2) is 55.0 Å². The minimum Gasteiger partial charge on any atom is -0.496 e. The van der Waals surface area contributed by atoms with Crippen molar-refractivity contribution >= 4 is 16.6 Å². The summed E-state index contributed by atoms with van der Waals surface area (Å²) in [6, 6.07) is 12.1. The number of fused-ring (bicyclic) bond motifs is 1. The summed E-state index contributed by atoms with van der Waals surface area (Å²) >= 11 is 0. The average molecular weight is 279 g/mol. The zero-order valence-corrected chi connectivity index (χ0v) is 12.1. The van der Waals surface area contributed by atoms with Gasteiger partial charge in [-0.1, -0.05) is 12.1 Å². The number of ether oxygens (including phenoxy) is 1. The van der Waals surface area contributed by atoms with Crippen molar-refractivity contribution < 1.29 is 4.74 Å². The van der Waals surface area contributed by atoms with Crippen molar-refractivity contribution in [2.24, 2.45) is 0 Å². The Balaban J connectivity index is 1.98. The maximum absolute atomic E-state index is 5.41. The largest absolute Gasteiger partial charge is 0.496 e. The van der Waals surface area contributed by atoms with Gasteiger partial charge in [0.15, 0.2) is 0 Å². The van der Waals surface area contributed by atoms with Crippen LogP contribution >= 0.6 is 0 Å². The van der Waals surface area contributed by atoms with Gasteiger partial charge in [0.1, 0.15) is 11.6 Å². The molecule has 4 heteroatoms. The van der Waals surface area contributed by atoms with Gasteiger partial charge >= 0.3 is 0 Å². The first-order valence-electron chi connectivity index (χ1n) is 6.88. The van der Waals surface area contributed by atoms with Crippen molar-refractivity contribution in [2.75, 3.05) is 12.4 Å². The van der Waals surface area contributed by atoms with E-state index >= 15 is 0 Å². The van der Waals surface area contributed by atoms with E-state index in [9.17, 15) is 0 Å². The Hall–Kier alpha value is -2.62. The number of benzene rings is 1. The molecule has 0 bridgehead atoms. The molecule has 0 saturated carbocycles. The number of nitrogens with one attached hydrogen (secondary N) is 1. The summed E-state index contributed by atoms with van der Waals surface area (Å²) < 4.78 is 5.41. The summed E-state index contributed by atoms with van der Waals surface area (Å²) in [5.41, 5.74) is 1.17. The van der Waals surface area contributed by atoms with Crippen molar-refractivity contribution in [1.82, 2.24) is 9.97 Å². The molecule has 2 aromatic heterocycles. The van der Waals surface area contributed by atoms with Crippen LogP contribution in [0.2, 0.25) is 0 Å². The summed E-state index contributed by atoms with van der Waals surface area (Å²) in [7, 11) is 1.68. The fraction of sp³-hybridized carbons (Fsp3) is 0.176. The van der Waals surface area contributed by atoms with Crippen LogP contribution < -0.4 is 10.1 Å². The van der Waals surface area contributed by atoms with Crippen LogP contribution in [0.5, 0.6) is 5.75 Å². The third-order valence-electron chi connectivity index (χ3n) is 3.55. The molecule has 1 unspecified atom stereocenters. The summed E-state index contributed by atoms with van der Waals surface area (Å²) in [6.07, 6.45) is 5.40. The van der Waals surface area contributed by atoms with Crippen LogP contribution in [0.3, 0.4) is 0 Å². The number of rotatable bonds is 4. The molecule has 1 aromatic carbocycles. The van der Waals surface area contributed by atoms with Crippen LogP contribution in [0, 0.1) is 0 Å². The number of methoxy groups -OCH3 is 1. The van der Waals surface area contributed by atoms with Crippen LogP contribution in [-0.4, -0.2) is 17.1 Å². The van der Waals surface area contributed by atoms with Crippen molar-refractivity contribution in [3.63, 3.8) is 0 Å². The Bertz CT molecular complexity index is 743. The molecule has 1 N–H and O–H groups in total. The summed E-state index contributed by atoms with van der Waals surface area (Å²) in [5.74, 6) is 1.71. The molecule has 1 atom stereocenters. The Labute approximate surface area is 123 Å². The number of nitrogens with zero attached hydrogens (tertiary/aromatic N) is 2. The molecule has 3 aromatic rings. The average Bonchev–Trinajstić information content (AvgIpc) is 2.55. The molecule has 0 aliphatic carbocycles. The first kappa shape index (κ1) is 13.4. The molecule has 0 fully saturated rings. The quantitative estimate of drug-likeness (QED) is 0.789. The smallest absolute Gasteiger partial charge is 0.134 e. The van der Waals surface area contributed by atoms with Gasteiger partial charge in [0.05, 0.1) is 13.2 Å². The number of hydrogen-bond acceptors (Lipinski definition) is 4. The van der Waals surface area contributed by atoms with Gasteiger partial charge in [0, 0.05) is 29.4 Å². The van der Waals surface area contributed by atoms with Crippen LogP contribution in [0.1, 0.15) is 18.5 Å². The van der Waals surface area contributed by atoms with E-state index in [0.29, 0.717) is 0 Å². The molecule has 106 valence electrons. The normalized spacial score (nSPS) is 12.1. The Morgan fingerprint density at radius 2 is 1.81 bits per heavy atom. The fourth-order valence-electron chi connectivity index (χ4n) is 2.41. The summed E-state index contributed by atoms with van der Waals surface area (Å²) in [5, 5.41) is 5.57. The predicted molar refractivity (Wildman–Crippen MR) is 84.6 cm³/mol. The summed E-state index contributed by atoms with van der Waals surface area (Å²) in [4.78, 5) is 8.51. The first-order chi connectivity index (χ1) is 10.3. The highest BCUT2D eigenvalue weighted by molar-refractivity contribution is 5.95. The van der Waals surface area contributed by atoms with Gasteiger partial charge in [-0.3, -0.25) is 4.98 Å². The van der Waals surface area contributed by atoms with Gasteiger partial charge in [-0.2, -0.15) is 0 Å². The third kappa shape index (κ3) is 2.65. The van der Waals surface area contributed by atoms with E-state index in [1.165, 1.54) is 5.56 Å². The lowest BCUT2D eigenvalue weighted by Crippen LogP contribution is -2.08. The minimum atomic E-state index is 0.150. The zero-order valence-electron chi connectivity index (χ0n) is 12.1. The second-order valence-corrected chi connectivity index (χ2v) is 4.86. The maximum Gasteiger partial charge on any atom is 0.134 e. The minimum absolute atomic E-state index is 0.150. The number of anilines is 1. The molecule has 0 amide bonds. The van der Waals surface area contributed by atoms with Crippen molar-refractivity contribution in [3.8, 4) is 5.75 Å². The van der Waals surface area contributed by atoms with E-state index in [2.05, 4.69) is 22.2 Å². The van der Waals surface area contributed by atoms with Crippen LogP contribution in [-0.2, 0) is 0 Å². The van der Waals surface area contributed by atoms with Gasteiger partial charge in [0.2, 0.25) is 0 Å². The second kappa shape index (κ2) is 5.79. The zero-order chi connectivity index (χ0) is 14.7. The van der Waals surface area contributed by atoms with Gasteiger partial charge in [-0.25, -0.2) is 4.98 Å².